The highest BCUT2D eigenvalue weighted by Gasteiger charge is 2.14. The average molecular weight is 390 g/mol. The second kappa shape index (κ2) is 7.62. The predicted molar refractivity (Wildman–Crippen MR) is 115 cm³/mol. The molecule has 1 aliphatic rings. The molecule has 150 valence electrons. The average Bonchev–Trinajstić information content (AvgIpc) is 3.13. The Kier molecular flexibility index (Phi) is 5.01. The normalized spacial score (nSPS) is 12.7. The molecule has 0 fully saturated rings. The van der Waals surface area contributed by atoms with Crippen LogP contribution in [-0.4, -0.2) is 16.8 Å². The topological polar surface area (TPSA) is 68.3 Å². The first-order chi connectivity index (χ1) is 13.9. The van der Waals surface area contributed by atoms with E-state index >= 15 is 0 Å². The van der Waals surface area contributed by atoms with Crippen LogP contribution in [0, 0.1) is 6.92 Å². The molecule has 0 radical (unpaired) electrons. The summed E-state index contributed by atoms with van der Waals surface area (Å²) in [4.78, 5) is 9.00. The number of fused-ring (bicyclic) bond motifs is 1. The molecule has 3 aromatic rings. The number of nitrogens with one attached hydrogen (secondary N) is 2. The van der Waals surface area contributed by atoms with Crippen molar-refractivity contribution >= 4 is 17.3 Å². The number of aromatic nitrogens is 2. The van der Waals surface area contributed by atoms with E-state index < -0.39 is 0 Å². The maximum Gasteiger partial charge on any atom is 0.231 e. The van der Waals surface area contributed by atoms with Gasteiger partial charge in [-0.1, -0.05) is 39.0 Å². The molecule has 2 N–H and O–H groups in total. The third-order valence-corrected chi connectivity index (χ3v) is 4.77. The molecule has 6 heteroatoms. The molecule has 0 saturated heterocycles. The standard InChI is InChI=1S/C23H26N4O2/c1-15-25-21(24-13-16-5-10-19-20(11-16)29-14-28-19)12-22(26-15)27-18-8-6-17(7-9-18)23(2,3)4/h5-12H,13-14H2,1-4H3,(H2,24,25,26,27). The van der Waals surface area contributed by atoms with E-state index in [-0.39, 0.29) is 12.2 Å². The van der Waals surface area contributed by atoms with Gasteiger partial charge in [-0.15, -0.1) is 0 Å². The minimum Gasteiger partial charge on any atom is -0.454 e. The Bertz CT molecular complexity index is 1010. The highest BCUT2D eigenvalue weighted by Crippen LogP contribution is 2.32. The van der Waals surface area contributed by atoms with Crippen molar-refractivity contribution in [3.63, 3.8) is 0 Å². The van der Waals surface area contributed by atoms with Gasteiger partial charge in [0.05, 0.1) is 0 Å². The van der Waals surface area contributed by atoms with Gasteiger partial charge in [0.25, 0.3) is 0 Å². The second-order valence-corrected chi connectivity index (χ2v) is 8.18. The van der Waals surface area contributed by atoms with E-state index in [9.17, 15) is 0 Å². The summed E-state index contributed by atoms with van der Waals surface area (Å²) in [7, 11) is 0. The van der Waals surface area contributed by atoms with Crippen molar-refractivity contribution in [3.05, 3.63) is 65.5 Å². The number of hydrogen-bond acceptors (Lipinski definition) is 6. The van der Waals surface area contributed by atoms with Crippen LogP contribution in [0.15, 0.2) is 48.5 Å². The molecule has 0 amide bonds. The summed E-state index contributed by atoms with van der Waals surface area (Å²) in [5, 5.41) is 6.73. The van der Waals surface area contributed by atoms with E-state index in [1.165, 1.54) is 5.56 Å². The fourth-order valence-electron chi connectivity index (χ4n) is 3.17. The van der Waals surface area contributed by atoms with Gasteiger partial charge in [-0.3, -0.25) is 0 Å². The van der Waals surface area contributed by atoms with E-state index in [0.717, 1.165) is 34.4 Å². The predicted octanol–water partition coefficient (Wildman–Crippen LogP) is 5.17. The molecule has 0 atom stereocenters. The Morgan fingerprint density at radius 1 is 0.897 bits per heavy atom. The number of ether oxygens (including phenoxy) is 2. The Morgan fingerprint density at radius 3 is 2.38 bits per heavy atom. The summed E-state index contributed by atoms with van der Waals surface area (Å²) in [5.41, 5.74) is 3.53. The Balaban J connectivity index is 1.44. The van der Waals surface area contributed by atoms with Gasteiger partial charge in [0.2, 0.25) is 6.79 Å². The molecule has 0 bridgehead atoms. The number of benzene rings is 2. The Labute approximate surface area is 171 Å². The number of hydrogen-bond donors (Lipinski definition) is 2. The van der Waals surface area contributed by atoms with Crippen LogP contribution in [0.3, 0.4) is 0 Å². The van der Waals surface area contributed by atoms with Crippen LogP contribution in [-0.2, 0) is 12.0 Å². The van der Waals surface area contributed by atoms with E-state index in [1.807, 2.05) is 31.2 Å². The molecule has 2 aromatic carbocycles. The molecule has 0 unspecified atom stereocenters. The van der Waals surface area contributed by atoms with E-state index in [0.29, 0.717) is 12.4 Å². The van der Waals surface area contributed by atoms with Crippen molar-refractivity contribution in [1.29, 1.82) is 0 Å². The molecular weight excluding hydrogens is 364 g/mol. The van der Waals surface area contributed by atoms with Crippen molar-refractivity contribution in [2.75, 3.05) is 17.4 Å². The zero-order valence-corrected chi connectivity index (χ0v) is 17.2. The molecule has 1 aliphatic heterocycles. The van der Waals surface area contributed by atoms with Gasteiger partial charge >= 0.3 is 0 Å². The van der Waals surface area contributed by atoms with Gasteiger partial charge in [0.15, 0.2) is 11.5 Å². The van der Waals surface area contributed by atoms with Crippen LogP contribution in [0.2, 0.25) is 0 Å². The lowest BCUT2D eigenvalue weighted by Crippen LogP contribution is -2.10. The molecule has 0 spiro atoms. The first-order valence-electron chi connectivity index (χ1n) is 9.72. The van der Waals surface area contributed by atoms with Crippen molar-refractivity contribution < 1.29 is 9.47 Å². The van der Waals surface area contributed by atoms with Gasteiger partial charge in [-0.2, -0.15) is 0 Å². The number of rotatable bonds is 5. The summed E-state index contributed by atoms with van der Waals surface area (Å²) in [5.74, 6) is 3.80. The molecule has 1 aromatic heterocycles. The summed E-state index contributed by atoms with van der Waals surface area (Å²) in [6.07, 6.45) is 0. The number of nitrogens with zero attached hydrogens (tertiary/aromatic N) is 2. The van der Waals surface area contributed by atoms with Gasteiger partial charge in [0.1, 0.15) is 17.5 Å². The fourth-order valence-corrected chi connectivity index (χ4v) is 3.17. The molecular formula is C23H26N4O2. The summed E-state index contributed by atoms with van der Waals surface area (Å²) < 4.78 is 10.8. The molecule has 0 saturated carbocycles. The van der Waals surface area contributed by atoms with Gasteiger partial charge in [-0.05, 0) is 47.7 Å². The fraction of sp³-hybridized carbons (Fsp3) is 0.304. The van der Waals surface area contributed by atoms with E-state index in [2.05, 4.69) is 65.6 Å². The maximum absolute atomic E-state index is 5.44. The zero-order valence-electron chi connectivity index (χ0n) is 17.2. The zero-order chi connectivity index (χ0) is 20.4. The Morgan fingerprint density at radius 2 is 1.62 bits per heavy atom. The van der Waals surface area contributed by atoms with Crippen LogP contribution < -0.4 is 20.1 Å². The lowest BCUT2D eigenvalue weighted by molar-refractivity contribution is 0.174. The lowest BCUT2D eigenvalue weighted by atomic mass is 9.87. The first kappa shape index (κ1) is 19.1. The minimum absolute atomic E-state index is 0.135. The van der Waals surface area contributed by atoms with Crippen molar-refractivity contribution in [1.82, 2.24) is 9.97 Å². The molecule has 29 heavy (non-hydrogen) atoms. The van der Waals surface area contributed by atoms with Crippen molar-refractivity contribution in [2.24, 2.45) is 0 Å². The molecule has 6 nitrogen and oxygen atoms in total. The van der Waals surface area contributed by atoms with Crippen LogP contribution >= 0.6 is 0 Å². The van der Waals surface area contributed by atoms with Gasteiger partial charge < -0.3 is 20.1 Å². The van der Waals surface area contributed by atoms with Crippen LogP contribution in [0.4, 0.5) is 17.3 Å². The van der Waals surface area contributed by atoms with Crippen LogP contribution in [0.25, 0.3) is 0 Å². The maximum atomic E-state index is 5.44. The lowest BCUT2D eigenvalue weighted by Gasteiger charge is -2.19. The third-order valence-electron chi connectivity index (χ3n) is 4.77. The SMILES string of the molecule is Cc1nc(NCc2ccc3c(c2)OCO3)cc(Nc2ccc(C(C)(C)C)cc2)n1. The highest BCUT2D eigenvalue weighted by atomic mass is 16.7. The Hall–Kier alpha value is -3.28. The largest absolute Gasteiger partial charge is 0.454 e. The second-order valence-electron chi connectivity index (χ2n) is 8.18. The molecule has 4 rings (SSSR count). The van der Waals surface area contributed by atoms with Gasteiger partial charge in [-0.25, -0.2) is 9.97 Å². The van der Waals surface area contributed by atoms with Crippen molar-refractivity contribution in [2.45, 2.75) is 39.7 Å². The third kappa shape index (κ3) is 4.59. The monoisotopic (exact) mass is 390 g/mol. The van der Waals surface area contributed by atoms with E-state index in [4.69, 9.17) is 9.47 Å². The van der Waals surface area contributed by atoms with Gasteiger partial charge in [0, 0.05) is 18.3 Å². The van der Waals surface area contributed by atoms with E-state index in [1.54, 1.807) is 0 Å². The molecule has 0 aliphatic carbocycles. The van der Waals surface area contributed by atoms with Crippen LogP contribution in [0.5, 0.6) is 11.5 Å². The summed E-state index contributed by atoms with van der Waals surface area (Å²) in [6, 6.07) is 16.3. The minimum atomic E-state index is 0.135. The first-order valence-corrected chi connectivity index (χ1v) is 9.72. The number of anilines is 3. The highest BCUT2D eigenvalue weighted by molar-refractivity contribution is 5.60. The molecule has 2 heterocycles. The smallest absolute Gasteiger partial charge is 0.231 e. The van der Waals surface area contributed by atoms with Crippen molar-refractivity contribution in [3.8, 4) is 11.5 Å². The quantitative estimate of drug-likeness (QED) is 0.627. The number of aryl methyl sites for hydroxylation is 1. The van der Waals surface area contributed by atoms with Crippen LogP contribution in [0.1, 0.15) is 37.7 Å². The summed E-state index contributed by atoms with van der Waals surface area (Å²) >= 11 is 0. The summed E-state index contributed by atoms with van der Waals surface area (Å²) in [6.45, 7) is 9.43.